The summed E-state index contributed by atoms with van der Waals surface area (Å²) in [6.45, 7) is 7.66. The number of carbonyl (C=O) groups is 1. The van der Waals surface area contributed by atoms with Gasteiger partial charge in [-0.3, -0.25) is 0 Å². The Labute approximate surface area is 132 Å². The SMILES string of the molecule is COCc1cccc(NC2CCN(C(=O)OC(C)(C)C)C2)c1. The number of methoxy groups -OCH3 is 1. The lowest BCUT2D eigenvalue weighted by molar-refractivity contribution is 0.0293. The molecule has 5 nitrogen and oxygen atoms in total. The molecule has 0 aliphatic carbocycles. The highest BCUT2D eigenvalue weighted by Gasteiger charge is 2.29. The quantitative estimate of drug-likeness (QED) is 0.927. The zero-order chi connectivity index (χ0) is 16.2. The van der Waals surface area contributed by atoms with Gasteiger partial charge in [0.1, 0.15) is 5.60 Å². The number of nitrogens with zero attached hydrogens (tertiary/aromatic N) is 1. The zero-order valence-corrected chi connectivity index (χ0v) is 13.9. The number of amides is 1. The van der Waals surface area contributed by atoms with Crippen LogP contribution in [0.1, 0.15) is 32.8 Å². The van der Waals surface area contributed by atoms with Crippen LogP contribution in [0.5, 0.6) is 0 Å². The van der Waals surface area contributed by atoms with Crippen LogP contribution in [0.15, 0.2) is 24.3 Å². The topological polar surface area (TPSA) is 50.8 Å². The van der Waals surface area contributed by atoms with E-state index in [4.69, 9.17) is 9.47 Å². The van der Waals surface area contributed by atoms with Crippen LogP contribution >= 0.6 is 0 Å². The summed E-state index contributed by atoms with van der Waals surface area (Å²) in [4.78, 5) is 13.8. The molecule has 1 unspecified atom stereocenters. The van der Waals surface area contributed by atoms with Crippen LogP contribution in [0.25, 0.3) is 0 Å². The molecule has 0 saturated carbocycles. The van der Waals surface area contributed by atoms with Crippen molar-refractivity contribution in [1.29, 1.82) is 0 Å². The van der Waals surface area contributed by atoms with E-state index >= 15 is 0 Å². The number of anilines is 1. The summed E-state index contributed by atoms with van der Waals surface area (Å²) in [7, 11) is 1.69. The second-order valence-corrected chi connectivity index (χ2v) is 6.69. The fourth-order valence-corrected chi connectivity index (χ4v) is 2.52. The highest BCUT2D eigenvalue weighted by atomic mass is 16.6. The van der Waals surface area contributed by atoms with E-state index in [1.807, 2.05) is 39.0 Å². The number of rotatable bonds is 4. The molecule has 1 atom stereocenters. The summed E-state index contributed by atoms with van der Waals surface area (Å²) >= 11 is 0. The van der Waals surface area contributed by atoms with Gasteiger partial charge in [-0.1, -0.05) is 12.1 Å². The average molecular weight is 306 g/mol. The van der Waals surface area contributed by atoms with Crippen molar-refractivity contribution in [3.8, 4) is 0 Å². The fraction of sp³-hybridized carbons (Fsp3) is 0.588. The van der Waals surface area contributed by atoms with Gasteiger partial charge >= 0.3 is 6.09 Å². The van der Waals surface area contributed by atoms with Gasteiger partial charge in [-0.05, 0) is 44.9 Å². The van der Waals surface area contributed by atoms with Crippen LogP contribution in [0.2, 0.25) is 0 Å². The number of carbonyl (C=O) groups excluding carboxylic acids is 1. The van der Waals surface area contributed by atoms with Crippen LogP contribution in [-0.2, 0) is 16.1 Å². The number of nitrogens with one attached hydrogen (secondary N) is 1. The third kappa shape index (κ3) is 4.91. The predicted octanol–water partition coefficient (Wildman–Crippen LogP) is 3.25. The van der Waals surface area contributed by atoms with Crippen LogP contribution in [-0.4, -0.2) is 42.8 Å². The van der Waals surface area contributed by atoms with Crippen molar-refractivity contribution < 1.29 is 14.3 Å². The summed E-state index contributed by atoms with van der Waals surface area (Å²) in [5.74, 6) is 0. The molecule has 5 heteroatoms. The summed E-state index contributed by atoms with van der Waals surface area (Å²) in [6.07, 6.45) is 0.693. The van der Waals surface area contributed by atoms with Crippen LogP contribution in [0.3, 0.4) is 0 Å². The minimum Gasteiger partial charge on any atom is -0.444 e. The Morgan fingerprint density at radius 1 is 1.41 bits per heavy atom. The van der Waals surface area contributed by atoms with Crippen LogP contribution in [0.4, 0.5) is 10.5 Å². The van der Waals surface area contributed by atoms with E-state index in [0.717, 1.165) is 24.2 Å². The van der Waals surface area contributed by atoms with Crippen molar-refractivity contribution in [2.75, 3.05) is 25.5 Å². The lowest BCUT2D eigenvalue weighted by atomic mass is 10.2. The van der Waals surface area contributed by atoms with Gasteiger partial charge in [0.05, 0.1) is 6.61 Å². The van der Waals surface area contributed by atoms with E-state index < -0.39 is 5.60 Å². The van der Waals surface area contributed by atoms with E-state index in [1.165, 1.54) is 0 Å². The molecule has 0 bridgehead atoms. The smallest absolute Gasteiger partial charge is 0.410 e. The largest absolute Gasteiger partial charge is 0.444 e. The van der Waals surface area contributed by atoms with Crippen molar-refractivity contribution in [3.63, 3.8) is 0 Å². The standard InChI is InChI=1S/C17H26N2O3/c1-17(2,3)22-16(20)19-9-8-15(11-19)18-14-7-5-6-13(10-14)12-21-4/h5-7,10,15,18H,8-9,11-12H2,1-4H3. The summed E-state index contributed by atoms with van der Waals surface area (Å²) in [5, 5.41) is 3.48. The highest BCUT2D eigenvalue weighted by Crippen LogP contribution is 2.19. The molecule has 1 heterocycles. The molecule has 1 saturated heterocycles. The molecule has 1 aliphatic rings. The minimum absolute atomic E-state index is 0.232. The number of hydrogen-bond acceptors (Lipinski definition) is 4. The van der Waals surface area contributed by atoms with Crippen LogP contribution < -0.4 is 5.32 Å². The first-order valence-electron chi connectivity index (χ1n) is 7.70. The van der Waals surface area contributed by atoms with Gasteiger partial charge < -0.3 is 19.7 Å². The average Bonchev–Trinajstić information content (AvgIpc) is 2.86. The van der Waals surface area contributed by atoms with Gasteiger partial charge in [0, 0.05) is 31.9 Å². The fourth-order valence-electron chi connectivity index (χ4n) is 2.52. The van der Waals surface area contributed by atoms with Crippen molar-refractivity contribution >= 4 is 11.8 Å². The molecule has 1 aromatic carbocycles. The Hall–Kier alpha value is -1.75. The first-order valence-corrected chi connectivity index (χ1v) is 7.70. The predicted molar refractivity (Wildman–Crippen MR) is 87.0 cm³/mol. The number of benzene rings is 1. The van der Waals surface area contributed by atoms with Gasteiger partial charge in [-0.2, -0.15) is 0 Å². The van der Waals surface area contributed by atoms with E-state index in [0.29, 0.717) is 13.2 Å². The van der Waals surface area contributed by atoms with Crippen molar-refractivity contribution in [3.05, 3.63) is 29.8 Å². The third-order valence-corrected chi connectivity index (χ3v) is 3.45. The molecule has 1 aliphatic heterocycles. The Kier molecular flexibility index (Phi) is 5.29. The molecule has 22 heavy (non-hydrogen) atoms. The monoisotopic (exact) mass is 306 g/mol. The summed E-state index contributed by atoms with van der Waals surface area (Å²) in [6, 6.07) is 8.42. The molecule has 2 rings (SSSR count). The first kappa shape index (κ1) is 16.6. The van der Waals surface area contributed by atoms with E-state index in [2.05, 4.69) is 11.4 Å². The molecule has 122 valence electrons. The third-order valence-electron chi connectivity index (χ3n) is 3.45. The molecule has 0 radical (unpaired) electrons. The molecular formula is C17H26N2O3. The van der Waals surface area contributed by atoms with Gasteiger partial charge in [0.2, 0.25) is 0 Å². The zero-order valence-electron chi connectivity index (χ0n) is 13.9. The van der Waals surface area contributed by atoms with E-state index in [9.17, 15) is 4.79 Å². The normalized spacial score (nSPS) is 18.4. The minimum atomic E-state index is -0.447. The number of hydrogen-bond donors (Lipinski definition) is 1. The van der Waals surface area contributed by atoms with E-state index in [1.54, 1.807) is 12.0 Å². The molecule has 1 fully saturated rings. The maximum Gasteiger partial charge on any atom is 0.410 e. The molecule has 1 N–H and O–H groups in total. The summed E-state index contributed by atoms with van der Waals surface area (Å²) < 4.78 is 10.6. The van der Waals surface area contributed by atoms with Crippen molar-refractivity contribution in [1.82, 2.24) is 4.90 Å². The Morgan fingerprint density at radius 2 is 2.18 bits per heavy atom. The van der Waals surface area contributed by atoms with E-state index in [-0.39, 0.29) is 12.1 Å². The van der Waals surface area contributed by atoms with Gasteiger partial charge in [-0.25, -0.2) is 4.79 Å². The Balaban J connectivity index is 1.88. The number of likely N-dealkylation sites (tertiary alicyclic amines) is 1. The molecule has 0 spiro atoms. The molecule has 1 aromatic rings. The molecule has 0 aromatic heterocycles. The van der Waals surface area contributed by atoms with Gasteiger partial charge in [0.25, 0.3) is 0 Å². The second kappa shape index (κ2) is 7.01. The van der Waals surface area contributed by atoms with Gasteiger partial charge in [0.15, 0.2) is 0 Å². The number of ether oxygens (including phenoxy) is 2. The Morgan fingerprint density at radius 3 is 2.86 bits per heavy atom. The van der Waals surface area contributed by atoms with Gasteiger partial charge in [-0.15, -0.1) is 0 Å². The van der Waals surface area contributed by atoms with Crippen molar-refractivity contribution in [2.24, 2.45) is 0 Å². The lowest BCUT2D eigenvalue weighted by Crippen LogP contribution is -2.36. The second-order valence-electron chi connectivity index (χ2n) is 6.69. The summed E-state index contributed by atoms with van der Waals surface area (Å²) in [5.41, 5.74) is 1.75. The molecule has 1 amide bonds. The first-order chi connectivity index (χ1) is 10.4. The Bertz CT molecular complexity index is 511. The maximum absolute atomic E-state index is 12.1. The van der Waals surface area contributed by atoms with Crippen LogP contribution in [0, 0.1) is 0 Å². The molecular weight excluding hydrogens is 280 g/mol. The highest BCUT2D eigenvalue weighted by molar-refractivity contribution is 5.68. The maximum atomic E-state index is 12.1. The van der Waals surface area contributed by atoms with Crippen molar-refractivity contribution in [2.45, 2.75) is 45.4 Å². The lowest BCUT2D eigenvalue weighted by Gasteiger charge is -2.24.